The number of carbonyl (C=O) groups is 1. The van der Waals surface area contributed by atoms with Crippen LogP contribution in [0.25, 0.3) is 0 Å². The summed E-state index contributed by atoms with van der Waals surface area (Å²) < 4.78 is 36.2. The van der Waals surface area contributed by atoms with E-state index < -0.39 is 22.1 Å². The Bertz CT molecular complexity index is 572. The van der Waals surface area contributed by atoms with Crippen LogP contribution < -0.4 is 0 Å². The van der Waals surface area contributed by atoms with Crippen LogP contribution in [0.15, 0.2) is 30.3 Å². The molecule has 1 atom stereocenters. The number of carbonyl (C=O) groups excluding carboxylic acids is 1. The fraction of sp³-hybridized carbons (Fsp3) is 0.500. The van der Waals surface area contributed by atoms with Gasteiger partial charge in [0.15, 0.2) is 0 Å². The molecule has 6 nitrogen and oxygen atoms in total. The quantitative estimate of drug-likeness (QED) is 0.751. The standard InChI is InChI=1S/C14H19NO5S/c1-19-14(16)9-13-10-15(7-8-20-13)21(17,18)11-12-5-3-2-4-6-12/h2-6,13H,7-11H2,1H3. The Morgan fingerprint density at radius 2 is 2.10 bits per heavy atom. The number of methoxy groups -OCH3 is 1. The number of rotatable bonds is 5. The molecule has 2 rings (SSSR count). The van der Waals surface area contributed by atoms with Crippen LogP contribution in [0, 0.1) is 0 Å². The Kier molecular flexibility index (Phi) is 5.33. The summed E-state index contributed by atoms with van der Waals surface area (Å²) in [5.74, 6) is -0.444. The van der Waals surface area contributed by atoms with Crippen LogP contribution in [0.1, 0.15) is 12.0 Å². The van der Waals surface area contributed by atoms with E-state index in [0.29, 0.717) is 6.54 Å². The van der Waals surface area contributed by atoms with E-state index in [4.69, 9.17) is 4.74 Å². The van der Waals surface area contributed by atoms with Crippen molar-refractivity contribution >= 4 is 16.0 Å². The molecule has 0 saturated carbocycles. The summed E-state index contributed by atoms with van der Waals surface area (Å²) >= 11 is 0. The highest BCUT2D eigenvalue weighted by Gasteiger charge is 2.30. The number of nitrogens with zero attached hydrogens (tertiary/aromatic N) is 1. The first-order valence-corrected chi connectivity index (χ1v) is 8.32. The average Bonchev–Trinajstić information content (AvgIpc) is 2.48. The fourth-order valence-electron chi connectivity index (χ4n) is 2.21. The van der Waals surface area contributed by atoms with Crippen LogP contribution >= 0.6 is 0 Å². The maximum atomic E-state index is 12.4. The molecule has 0 N–H and O–H groups in total. The molecule has 1 unspecified atom stereocenters. The van der Waals surface area contributed by atoms with Gasteiger partial charge < -0.3 is 9.47 Å². The maximum Gasteiger partial charge on any atom is 0.308 e. The van der Waals surface area contributed by atoms with Crippen molar-refractivity contribution in [2.75, 3.05) is 26.8 Å². The monoisotopic (exact) mass is 313 g/mol. The molecule has 0 aliphatic carbocycles. The first-order chi connectivity index (χ1) is 10.0. The first-order valence-electron chi connectivity index (χ1n) is 6.71. The average molecular weight is 313 g/mol. The van der Waals surface area contributed by atoms with Gasteiger partial charge in [-0.25, -0.2) is 8.42 Å². The molecule has 0 amide bonds. The zero-order valence-electron chi connectivity index (χ0n) is 11.9. The van der Waals surface area contributed by atoms with Gasteiger partial charge in [-0.1, -0.05) is 30.3 Å². The summed E-state index contributed by atoms with van der Waals surface area (Å²) in [6, 6.07) is 9.03. The summed E-state index contributed by atoms with van der Waals surface area (Å²) in [5, 5.41) is 0. The van der Waals surface area contributed by atoms with Gasteiger partial charge in [-0.3, -0.25) is 4.79 Å². The van der Waals surface area contributed by atoms with Crippen molar-refractivity contribution in [3.8, 4) is 0 Å². The predicted molar refractivity (Wildman–Crippen MR) is 77.0 cm³/mol. The van der Waals surface area contributed by atoms with E-state index in [1.54, 1.807) is 12.1 Å². The molecule has 0 spiro atoms. The highest BCUT2D eigenvalue weighted by atomic mass is 32.2. The van der Waals surface area contributed by atoms with E-state index in [1.807, 2.05) is 18.2 Å². The van der Waals surface area contributed by atoms with Crippen LogP contribution in [0.4, 0.5) is 0 Å². The Hall–Kier alpha value is -1.44. The van der Waals surface area contributed by atoms with Crippen LogP contribution in [0.2, 0.25) is 0 Å². The topological polar surface area (TPSA) is 72.9 Å². The molecule has 1 aromatic carbocycles. The second kappa shape index (κ2) is 7.02. The van der Waals surface area contributed by atoms with Gasteiger partial charge in [0.1, 0.15) is 0 Å². The molecule has 1 heterocycles. The van der Waals surface area contributed by atoms with E-state index in [9.17, 15) is 13.2 Å². The molecule has 1 aliphatic rings. The second-order valence-corrected chi connectivity index (χ2v) is 6.84. The molecule has 116 valence electrons. The largest absolute Gasteiger partial charge is 0.469 e. The number of hydrogen-bond donors (Lipinski definition) is 0. The maximum absolute atomic E-state index is 12.4. The summed E-state index contributed by atoms with van der Waals surface area (Å²) in [5.41, 5.74) is 0.744. The molecule has 7 heteroatoms. The lowest BCUT2D eigenvalue weighted by atomic mass is 10.2. The van der Waals surface area contributed by atoms with Crippen molar-refractivity contribution in [3.63, 3.8) is 0 Å². The highest BCUT2D eigenvalue weighted by Crippen LogP contribution is 2.16. The van der Waals surface area contributed by atoms with Crippen molar-refractivity contribution < 1.29 is 22.7 Å². The lowest BCUT2D eigenvalue weighted by Gasteiger charge is -2.31. The molecule has 0 bridgehead atoms. The molecule has 0 aromatic heterocycles. The van der Waals surface area contributed by atoms with Crippen molar-refractivity contribution in [3.05, 3.63) is 35.9 Å². The zero-order chi connectivity index (χ0) is 15.3. The molecular formula is C14H19NO5S. The number of ether oxygens (including phenoxy) is 2. The first kappa shape index (κ1) is 15.9. The molecule has 1 saturated heterocycles. The third kappa shape index (κ3) is 4.52. The smallest absolute Gasteiger partial charge is 0.308 e. The minimum Gasteiger partial charge on any atom is -0.469 e. The van der Waals surface area contributed by atoms with Crippen molar-refractivity contribution in [2.45, 2.75) is 18.3 Å². The van der Waals surface area contributed by atoms with Crippen molar-refractivity contribution in [2.24, 2.45) is 0 Å². The molecular weight excluding hydrogens is 294 g/mol. The minimum atomic E-state index is -3.41. The Morgan fingerprint density at radius 3 is 2.76 bits per heavy atom. The third-order valence-corrected chi connectivity index (χ3v) is 5.13. The van der Waals surface area contributed by atoms with Crippen LogP contribution in [-0.2, 0) is 30.0 Å². The van der Waals surface area contributed by atoms with E-state index >= 15 is 0 Å². The van der Waals surface area contributed by atoms with Gasteiger partial charge in [-0.2, -0.15) is 4.31 Å². The lowest BCUT2D eigenvalue weighted by Crippen LogP contribution is -2.46. The van der Waals surface area contributed by atoms with Gasteiger partial charge >= 0.3 is 5.97 Å². The highest BCUT2D eigenvalue weighted by molar-refractivity contribution is 7.88. The van der Waals surface area contributed by atoms with E-state index in [0.717, 1.165) is 5.56 Å². The van der Waals surface area contributed by atoms with Gasteiger partial charge in [0.25, 0.3) is 0 Å². The van der Waals surface area contributed by atoms with E-state index in [2.05, 4.69) is 4.74 Å². The van der Waals surface area contributed by atoms with Crippen LogP contribution in [0.5, 0.6) is 0 Å². The van der Waals surface area contributed by atoms with Gasteiger partial charge in [0.05, 0.1) is 32.0 Å². The van der Waals surface area contributed by atoms with Gasteiger partial charge in [-0.15, -0.1) is 0 Å². The van der Waals surface area contributed by atoms with E-state index in [1.165, 1.54) is 11.4 Å². The number of esters is 1. The second-order valence-electron chi connectivity index (χ2n) is 4.87. The number of hydrogen-bond acceptors (Lipinski definition) is 5. The molecule has 21 heavy (non-hydrogen) atoms. The molecule has 1 fully saturated rings. The van der Waals surface area contributed by atoms with Gasteiger partial charge in [0.2, 0.25) is 10.0 Å². The normalized spacial score (nSPS) is 20.1. The number of sulfonamides is 1. The zero-order valence-corrected chi connectivity index (χ0v) is 12.7. The van der Waals surface area contributed by atoms with Gasteiger partial charge in [0, 0.05) is 13.1 Å². The van der Waals surface area contributed by atoms with Crippen molar-refractivity contribution in [1.29, 1.82) is 0 Å². The Labute approximate surface area is 124 Å². The summed E-state index contributed by atoms with van der Waals surface area (Å²) in [6.45, 7) is 0.785. The van der Waals surface area contributed by atoms with Crippen molar-refractivity contribution in [1.82, 2.24) is 4.31 Å². The lowest BCUT2D eigenvalue weighted by molar-refractivity contribution is -0.145. The van der Waals surface area contributed by atoms with Gasteiger partial charge in [-0.05, 0) is 5.56 Å². The summed E-state index contributed by atoms with van der Waals surface area (Å²) in [6.07, 6.45) is -0.384. The van der Waals surface area contributed by atoms with Crippen LogP contribution in [0.3, 0.4) is 0 Å². The SMILES string of the molecule is COC(=O)CC1CN(S(=O)(=O)Cc2ccccc2)CCO1. The Morgan fingerprint density at radius 1 is 1.38 bits per heavy atom. The molecule has 1 aromatic rings. The molecule has 0 radical (unpaired) electrons. The fourth-order valence-corrected chi connectivity index (χ4v) is 3.76. The minimum absolute atomic E-state index is 0.0429. The van der Waals surface area contributed by atoms with Crippen LogP contribution in [-0.4, -0.2) is 51.6 Å². The summed E-state index contributed by atoms with van der Waals surface area (Å²) in [4.78, 5) is 11.3. The number of benzene rings is 1. The molecule has 1 aliphatic heterocycles. The third-order valence-electron chi connectivity index (χ3n) is 3.31. The number of morpholine rings is 1. The summed E-state index contributed by atoms with van der Waals surface area (Å²) in [7, 11) is -2.11. The van der Waals surface area contributed by atoms with E-state index in [-0.39, 0.29) is 25.3 Å². The predicted octanol–water partition coefficient (Wildman–Crippen LogP) is 0.780. The Balaban J connectivity index is 2.01.